The Labute approximate surface area is 104 Å². The third-order valence-electron chi connectivity index (χ3n) is 4.25. The maximum absolute atomic E-state index is 9.92. The number of hydrogen-bond acceptors (Lipinski definition) is 3. The molecule has 0 aromatic rings. The van der Waals surface area contributed by atoms with Gasteiger partial charge >= 0.3 is 0 Å². The van der Waals surface area contributed by atoms with Gasteiger partial charge in [-0.3, -0.25) is 0 Å². The molecule has 2 saturated carbocycles. The molecule has 17 heavy (non-hydrogen) atoms. The van der Waals surface area contributed by atoms with Crippen LogP contribution in [0, 0.1) is 5.92 Å². The van der Waals surface area contributed by atoms with Gasteiger partial charge in [-0.2, -0.15) is 0 Å². The maximum atomic E-state index is 9.92. The first kappa shape index (κ1) is 13.3. The molecule has 3 heteroatoms. The maximum Gasteiger partial charge on any atom is 0.0776 e. The van der Waals surface area contributed by atoms with Gasteiger partial charge < -0.3 is 14.9 Å². The Bertz CT molecular complexity index is 206. The van der Waals surface area contributed by atoms with Crippen LogP contribution in [0.2, 0.25) is 0 Å². The van der Waals surface area contributed by atoms with Crippen LogP contribution in [0.1, 0.15) is 57.8 Å². The van der Waals surface area contributed by atoms with E-state index in [9.17, 15) is 10.2 Å². The second-order valence-corrected chi connectivity index (χ2v) is 5.80. The molecule has 0 amide bonds. The van der Waals surface area contributed by atoms with Gasteiger partial charge in [-0.25, -0.2) is 0 Å². The summed E-state index contributed by atoms with van der Waals surface area (Å²) in [7, 11) is 0. The molecule has 0 saturated heterocycles. The minimum atomic E-state index is -0.287. The van der Waals surface area contributed by atoms with Gasteiger partial charge in [0, 0.05) is 0 Å². The average Bonchev–Trinajstić information content (AvgIpc) is 2.81. The largest absolute Gasteiger partial charge is 0.393 e. The predicted molar refractivity (Wildman–Crippen MR) is 66.8 cm³/mol. The Morgan fingerprint density at radius 2 is 1.65 bits per heavy atom. The van der Waals surface area contributed by atoms with E-state index in [1.54, 1.807) is 0 Å². The quantitative estimate of drug-likeness (QED) is 0.777. The fourth-order valence-corrected chi connectivity index (χ4v) is 3.16. The van der Waals surface area contributed by atoms with Gasteiger partial charge in [0.05, 0.1) is 24.9 Å². The highest BCUT2D eigenvalue weighted by molar-refractivity contribution is 4.74. The van der Waals surface area contributed by atoms with Crippen LogP contribution in [0.5, 0.6) is 0 Å². The first-order valence-corrected chi connectivity index (χ1v) is 7.22. The van der Waals surface area contributed by atoms with Crippen molar-refractivity contribution in [3.8, 4) is 0 Å². The van der Waals surface area contributed by atoms with Crippen LogP contribution in [0.4, 0.5) is 0 Å². The van der Waals surface area contributed by atoms with Crippen LogP contribution in [0.15, 0.2) is 0 Å². The van der Waals surface area contributed by atoms with Crippen LogP contribution in [0.25, 0.3) is 0 Å². The number of aliphatic hydroxyl groups excluding tert-OH is 2. The molecule has 2 rings (SSSR count). The highest BCUT2D eigenvalue weighted by Crippen LogP contribution is 2.29. The highest BCUT2D eigenvalue weighted by atomic mass is 16.5. The van der Waals surface area contributed by atoms with Crippen molar-refractivity contribution in [2.45, 2.75) is 76.1 Å². The molecule has 0 heterocycles. The van der Waals surface area contributed by atoms with Gasteiger partial charge in [-0.15, -0.1) is 0 Å². The normalized spacial score (nSPS) is 32.8. The van der Waals surface area contributed by atoms with Crippen molar-refractivity contribution in [2.75, 3.05) is 6.61 Å². The van der Waals surface area contributed by atoms with Crippen LogP contribution >= 0.6 is 0 Å². The lowest BCUT2D eigenvalue weighted by Gasteiger charge is -2.26. The van der Waals surface area contributed by atoms with Gasteiger partial charge in [-0.1, -0.05) is 25.7 Å². The molecule has 2 N–H and O–H groups in total. The van der Waals surface area contributed by atoms with E-state index < -0.39 is 0 Å². The highest BCUT2D eigenvalue weighted by Gasteiger charge is 2.22. The number of ether oxygens (including phenoxy) is 1. The van der Waals surface area contributed by atoms with E-state index in [1.807, 2.05) is 0 Å². The van der Waals surface area contributed by atoms with Crippen molar-refractivity contribution < 1.29 is 14.9 Å². The Morgan fingerprint density at radius 3 is 2.29 bits per heavy atom. The molecule has 1 atom stereocenters. The van der Waals surface area contributed by atoms with Crippen LogP contribution < -0.4 is 0 Å². The van der Waals surface area contributed by atoms with E-state index in [4.69, 9.17) is 4.74 Å². The van der Waals surface area contributed by atoms with Gasteiger partial charge in [0.15, 0.2) is 0 Å². The minimum Gasteiger partial charge on any atom is -0.393 e. The monoisotopic (exact) mass is 242 g/mol. The van der Waals surface area contributed by atoms with E-state index in [-0.39, 0.29) is 18.3 Å². The molecule has 1 unspecified atom stereocenters. The van der Waals surface area contributed by atoms with Crippen LogP contribution in [-0.2, 0) is 4.74 Å². The Balaban J connectivity index is 1.57. The van der Waals surface area contributed by atoms with E-state index in [0.717, 1.165) is 38.0 Å². The summed E-state index contributed by atoms with van der Waals surface area (Å²) in [5.41, 5.74) is 0. The zero-order valence-corrected chi connectivity index (χ0v) is 10.7. The molecule has 0 aromatic carbocycles. The van der Waals surface area contributed by atoms with Crippen molar-refractivity contribution in [3.05, 3.63) is 0 Å². The second-order valence-electron chi connectivity index (χ2n) is 5.80. The van der Waals surface area contributed by atoms with E-state index in [0.29, 0.717) is 6.61 Å². The molecule has 0 radical (unpaired) electrons. The summed E-state index contributed by atoms with van der Waals surface area (Å²) in [5, 5.41) is 19.3. The van der Waals surface area contributed by atoms with Crippen molar-refractivity contribution in [3.63, 3.8) is 0 Å². The topological polar surface area (TPSA) is 49.7 Å². The molecular weight excluding hydrogens is 216 g/mol. The molecule has 2 fully saturated rings. The molecule has 2 aliphatic carbocycles. The third-order valence-corrected chi connectivity index (χ3v) is 4.25. The minimum absolute atomic E-state index is 0.127. The first-order chi connectivity index (χ1) is 8.24. The number of hydrogen-bond donors (Lipinski definition) is 2. The predicted octanol–water partition coefficient (Wildman–Crippen LogP) is 2.25. The van der Waals surface area contributed by atoms with Crippen molar-refractivity contribution in [1.29, 1.82) is 0 Å². The Hall–Kier alpha value is -0.120. The molecule has 2 aliphatic rings. The molecule has 0 bridgehead atoms. The van der Waals surface area contributed by atoms with Gasteiger partial charge in [-0.05, 0) is 38.0 Å². The standard InChI is InChI=1S/C14H26O3/c15-12-5-7-14(8-6-12)17-10-13(16)9-11-3-1-2-4-11/h11-16H,1-10H2. The zero-order valence-electron chi connectivity index (χ0n) is 10.7. The molecule has 0 aliphatic heterocycles. The fourth-order valence-electron chi connectivity index (χ4n) is 3.16. The summed E-state index contributed by atoms with van der Waals surface area (Å²) in [5.74, 6) is 0.724. The summed E-state index contributed by atoms with van der Waals surface area (Å²) in [4.78, 5) is 0. The summed E-state index contributed by atoms with van der Waals surface area (Å²) in [6.07, 6.45) is 9.58. The Morgan fingerprint density at radius 1 is 1.00 bits per heavy atom. The molecule has 100 valence electrons. The van der Waals surface area contributed by atoms with Gasteiger partial charge in [0.1, 0.15) is 0 Å². The molecule has 3 nitrogen and oxygen atoms in total. The summed E-state index contributed by atoms with van der Waals surface area (Å²) in [6.45, 7) is 0.483. The molecule has 0 spiro atoms. The lowest BCUT2D eigenvalue weighted by Crippen LogP contribution is -2.28. The van der Waals surface area contributed by atoms with Crippen molar-refractivity contribution >= 4 is 0 Å². The smallest absolute Gasteiger partial charge is 0.0776 e. The lowest BCUT2D eigenvalue weighted by atomic mass is 9.95. The summed E-state index contributed by atoms with van der Waals surface area (Å²) < 4.78 is 5.74. The second kappa shape index (κ2) is 6.72. The van der Waals surface area contributed by atoms with E-state index in [1.165, 1.54) is 25.7 Å². The van der Waals surface area contributed by atoms with Gasteiger partial charge in [0.25, 0.3) is 0 Å². The average molecular weight is 242 g/mol. The summed E-state index contributed by atoms with van der Waals surface area (Å²) in [6, 6.07) is 0. The zero-order chi connectivity index (χ0) is 12.1. The summed E-state index contributed by atoms with van der Waals surface area (Å²) >= 11 is 0. The van der Waals surface area contributed by atoms with Crippen molar-refractivity contribution in [1.82, 2.24) is 0 Å². The number of aliphatic hydroxyl groups is 2. The van der Waals surface area contributed by atoms with Crippen LogP contribution in [0.3, 0.4) is 0 Å². The SMILES string of the molecule is OC1CCC(OCC(O)CC2CCCC2)CC1. The third kappa shape index (κ3) is 4.57. The van der Waals surface area contributed by atoms with E-state index in [2.05, 4.69) is 0 Å². The van der Waals surface area contributed by atoms with Crippen LogP contribution in [-0.4, -0.2) is 35.1 Å². The van der Waals surface area contributed by atoms with Gasteiger partial charge in [0.2, 0.25) is 0 Å². The first-order valence-electron chi connectivity index (χ1n) is 7.22. The van der Waals surface area contributed by atoms with Crippen molar-refractivity contribution in [2.24, 2.45) is 5.92 Å². The Kier molecular flexibility index (Phi) is 5.26. The number of rotatable bonds is 5. The molecule has 0 aromatic heterocycles. The molecular formula is C14H26O3. The van der Waals surface area contributed by atoms with E-state index >= 15 is 0 Å². The fraction of sp³-hybridized carbons (Fsp3) is 1.00. The lowest BCUT2D eigenvalue weighted by molar-refractivity contribution is -0.0446.